The van der Waals surface area contributed by atoms with Crippen molar-refractivity contribution >= 4 is 13.8 Å². The Hall–Kier alpha value is -0.500. The highest BCUT2D eigenvalue weighted by Crippen LogP contribution is 2.44. The molecule has 1 unspecified atom stereocenters. The van der Waals surface area contributed by atoms with E-state index < -0.39 is 13.8 Å². The molecule has 0 aromatic rings. The number of hydrogen-bond donors (Lipinski definition) is 3. The normalized spacial score (nSPS) is 14.8. The fraction of sp³-hybridized carbons (Fsp3) is 0.857. The van der Waals surface area contributed by atoms with Gasteiger partial charge in [0.15, 0.2) is 0 Å². The Balaban J connectivity index is 4.28. The molecule has 0 aromatic carbocycles. The molecule has 9 heteroatoms. The van der Waals surface area contributed by atoms with Gasteiger partial charge in [0.05, 0.1) is 13.2 Å². The third kappa shape index (κ3) is 6.89. The maximum absolute atomic E-state index is 11.2. The van der Waals surface area contributed by atoms with Crippen LogP contribution in [0.1, 0.15) is 13.3 Å². The number of phosphoric acid groups is 1. The van der Waals surface area contributed by atoms with Gasteiger partial charge < -0.3 is 14.7 Å². The van der Waals surface area contributed by atoms with E-state index >= 15 is 0 Å². The molecular weight excluding hydrogens is 241 g/mol. The summed E-state index contributed by atoms with van der Waals surface area (Å²) in [5, 5.41) is 18.1. The first-order chi connectivity index (χ1) is 7.45. The fourth-order valence-electron chi connectivity index (χ4n) is 0.772. The lowest BCUT2D eigenvalue weighted by molar-refractivity contribution is -0.141. The molecule has 0 fully saturated rings. The predicted molar refractivity (Wildman–Crippen MR) is 53.0 cm³/mol. The van der Waals surface area contributed by atoms with Crippen molar-refractivity contribution in [3.63, 3.8) is 0 Å². The minimum absolute atomic E-state index is 0.0616. The Morgan fingerprint density at radius 1 is 1.31 bits per heavy atom. The molecule has 0 aliphatic rings. The first-order valence-electron chi connectivity index (χ1n) is 4.66. The van der Waals surface area contributed by atoms with Gasteiger partial charge in [-0.1, -0.05) is 6.92 Å². The Labute approximate surface area is 93.0 Å². The van der Waals surface area contributed by atoms with Crippen LogP contribution in [0.3, 0.4) is 0 Å². The minimum Gasteiger partial charge on any atom is -0.395 e. The first kappa shape index (κ1) is 15.5. The second-order valence-corrected chi connectivity index (χ2v) is 4.03. The molecule has 0 bridgehead atoms. The van der Waals surface area contributed by atoms with E-state index in [2.05, 4.69) is 9.15 Å². The summed E-state index contributed by atoms with van der Waals surface area (Å²) in [6.45, 7) is 0.620. The molecule has 0 amide bonds. The average molecular weight is 257 g/mol. The summed E-state index contributed by atoms with van der Waals surface area (Å²) in [5.41, 5.74) is 0. The second kappa shape index (κ2) is 7.72. The van der Waals surface area contributed by atoms with Crippen LogP contribution in [0.5, 0.6) is 0 Å². The van der Waals surface area contributed by atoms with Gasteiger partial charge in [-0.3, -0.25) is 9.69 Å². The molecule has 3 N–H and O–H groups in total. The second-order valence-electron chi connectivity index (χ2n) is 2.74. The Morgan fingerprint density at radius 2 is 1.81 bits per heavy atom. The number of aliphatic hydroxyl groups excluding tert-OH is 2. The zero-order valence-corrected chi connectivity index (χ0v) is 9.80. The molecule has 0 aromatic heterocycles. The van der Waals surface area contributed by atoms with Gasteiger partial charge in [0, 0.05) is 19.5 Å². The number of nitrogens with zero attached hydrogens (tertiary/aromatic N) is 1. The van der Waals surface area contributed by atoms with Gasteiger partial charge in [0.2, 0.25) is 0 Å². The van der Waals surface area contributed by atoms with Crippen LogP contribution < -0.4 is 0 Å². The van der Waals surface area contributed by atoms with Gasteiger partial charge in [-0.05, 0) is 0 Å². The smallest absolute Gasteiger partial charge is 0.395 e. The standard InChI is InChI=1S/C7H16NO7P/c1-2-7(11)14-16(12,13)15-8(3-5-9)4-6-10/h9-10H,2-6H2,1H3,(H,12,13). The maximum atomic E-state index is 11.2. The van der Waals surface area contributed by atoms with Crippen molar-refractivity contribution in [3.8, 4) is 0 Å². The number of hydrogen-bond acceptors (Lipinski definition) is 7. The SMILES string of the molecule is CCC(=O)OP(=O)(O)ON(CCO)CCO. The Kier molecular flexibility index (Phi) is 7.48. The van der Waals surface area contributed by atoms with Gasteiger partial charge in [0.1, 0.15) is 0 Å². The molecule has 8 nitrogen and oxygen atoms in total. The van der Waals surface area contributed by atoms with Crippen LogP contribution in [0, 0.1) is 0 Å². The van der Waals surface area contributed by atoms with Crippen molar-refractivity contribution < 1.29 is 33.6 Å². The van der Waals surface area contributed by atoms with Gasteiger partial charge in [-0.2, -0.15) is 9.69 Å². The van der Waals surface area contributed by atoms with E-state index in [1.165, 1.54) is 6.92 Å². The van der Waals surface area contributed by atoms with E-state index in [9.17, 15) is 9.36 Å². The molecule has 0 saturated carbocycles. The summed E-state index contributed by atoms with van der Waals surface area (Å²) in [7, 11) is -4.53. The number of phosphoric ester groups is 1. The lowest BCUT2D eigenvalue weighted by Gasteiger charge is -2.21. The lowest BCUT2D eigenvalue weighted by atomic mass is 10.5. The van der Waals surface area contributed by atoms with E-state index in [-0.39, 0.29) is 32.7 Å². The largest absolute Gasteiger partial charge is 0.546 e. The van der Waals surface area contributed by atoms with E-state index in [0.29, 0.717) is 0 Å². The molecule has 0 saturated heterocycles. The average Bonchev–Trinajstić information content (AvgIpc) is 2.17. The zero-order chi connectivity index (χ0) is 12.6. The highest BCUT2D eigenvalue weighted by molar-refractivity contribution is 7.47. The van der Waals surface area contributed by atoms with E-state index in [1.54, 1.807) is 0 Å². The van der Waals surface area contributed by atoms with E-state index in [4.69, 9.17) is 15.1 Å². The summed E-state index contributed by atoms with van der Waals surface area (Å²) >= 11 is 0. The molecule has 1 atom stereocenters. The molecule has 0 spiro atoms. The van der Waals surface area contributed by atoms with Gasteiger partial charge in [-0.15, -0.1) is 0 Å². The third-order valence-electron chi connectivity index (χ3n) is 1.42. The third-order valence-corrected chi connectivity index (χ3v) is 2.29. The van der Waals surface area contributed by atoms with Crippen LogP contribution in [0.25, 0.3) is 0 Å². The summed E-state index contributed by atoms with van der Waals surface area (Å²) < 4.78 is 19.9. The highest BCUT2D eigenvalue weighted by atomic mass is 31.2. The lowest BCUT2D eigenvalue weighted by Crippen LogP contribution is -2.29. The van der Waals surface area contributed by atoms with Crippen molar-refractivity contribution in [3.05, 3.63) is 0 Å². The first-order valence-corrected chi connectivity index (χ1v) is 6.16. The molecule has 96 valence electrons. The molecule has 0 radical (unpaired) electrons. The quantitative estimate of drug-likeness (QED) is 0.384. The van der Waals surface area contributed by atoms with Crippen LogP contribution in [-0.2, 0) is 18.5 Å². The summed E-state index contributed by atoms with van der Waals surface area (Å²) in [5.74, 6) is -0.876. The molecule has 0 aliphatic carbocycles. The maximum Gasteiger partial charge on any atom is 0.546 e. The number of carbonyl (C=O) groups excluding carboxylic acids is 1. The van der Waals surface area contributed by atoms with Crippen LogP contribution >= 0.6 is 7.82 Å². The minimum atomic E-state index is -4.53. The van der Waals surface area contributed by atoms with Crippen LogP contribution in [0.4, 0.5) is 0 Å². The number of hydroxylamine groups is 2. The van der Waals surface area contributed by atoms with Gasteiger partial charge in [0.25, 0.3) is 0 Å². The topological polar surface area (TPSA) is 117 Å². The zero-order valence-electron chi connectivity index (χ0n) is 8.90. The number of carbonyl (C=O) groups is 1. The molecule has 16 heavy (non-hydrogen) atoms. The van der Waals surface area contributed by atoms with Gasteiger partial charge in [-0.25, -0.2) is 4.57 Å². The molecular formula is C7H16NO7P. The molecule has 0 rings (SSSR count). The Bertz CT molecular complexity index is 253. The van der Waals surface area contributed by atoms with E-state index in [1.807, 2.05) is 0 Å². The van der Waals surface area contributed by atoms with Crippen molar-refractivity contribution in [1.29, 1.82) is 0 Å². The highest BCUT2D eigenvalue weighted by Gasteiger charge is 2.29. The van der Waals surface area contributed by atoms with Crippen molar-refractivity contribution in [1.82, 2.24) is 5.06 Å². The van der Waals surface area contributed by atoms with Gasteiger partial charge >= 0.3 is 13.8 Å². The van der Waals surface area contributed by atoms with Crippen LogP contribution in [-0.4, -0.2) is 52.4 Å². The summed E-state index contributed by atoms with van der Waals surface area (Å²) in [4.78, 5) is 19.9. The summed E-state index contributed by atoms with van der Waals surface area (Å²) in [6.07, 6.45) is -0.0616. The number of rotatable bonds is 8. The number of aliphatic hydroxyl groups is 2. The monoisotopic (exact) mass is 257 g/mol. The van der Waals surface area contributed by atoms with Crippen LogP contribution in [0.15, 0.2) is 0 Å². The molecule has 0 heterocycles. The summed E-state index contributed by atoms with van der Waals surface area (Å²) in [6, 6.07) is 0. The fourth-order valence-corrected chi connectivity index (χ4v) is 1.65. The Morgan fingerprint density at radius 3 is 2.19 bits per heavy atom. The van der Waals surface area contributed by atoms with Crippen molar-refractivity contribution in [2.45, 2.75) is 13.3 Å². The van der Waals surface area contributed by atoms with Crippen molar-refractivity contribution in [2.75, 3.05) is 26.3 Å². The van der Waals surface area contributed by atoms with Crippen molar-refractivity contribution in [2.24, 2.45) is 0 Å². The molecule has 0 aliphatic heterocycles. The van der Waals surface area contributed by atoms with E-state index in [0.717, 1.165) is 5.06 Å². The van der Waals surface area contributed by atoms with Crippen LogP contribution in [0.2, 0.25) is 0 Å². The predicted octanol–water partition coefficient (Wildman–Crippen LogP) is -0.742.